The van der Waals surface area contributed by atoms with E-state index in [1.807, 2.05) is 0 Å². The number of piperidine rings is 1. The maximum atomic E-state index is 12.5. The zero-order chi connectivity index (χ0) is 18.1. The highest BCUT2D eigenvalue weighted by Crippen LogP contribution is 2.18. The second-order valence-electron chi connectivity index (χ2n) is 6.38. The molecule has 0 spiro atoms. The largest absolute Gasteiger partial charge is 0.463 e. The van der Waals surface area contributed by atoms with Gasteiger partial charge in [0.25, 0.3) is 5.56 Å². The number of hydrogen-bond acceptors (Lipinski definition) is 5. The summed E-state index contributed by atoms with van der Waals surface area (Å²) in [6, 6.07) is 3.36. The van der Waals surface area contributed by atoms with Crippen molar-refractivity contribution in [2.75, 3.05) is 19.6 Å². The molecule has 9 heteroatoms. The van der Waals surface area contributed by atoms with Gasteiger partial charge in [0, 0.05) is 25.2 Å². The lowest BCUT2D eigenvalue weighted by Crippen LogP contribution is -2.44. The minimum absolute atomic E-state index is 0.0616. The first kappa shape index (κ1) is 16.4. The molecule has 1 fully saturated rings. The first-order valence-corrected chi connectivity index (χ1v) is 8.62. The van der Waals surface area contributed by atoms with Crippen molar-refractivity contribution in [3.05, 3.63) is 35.1 Å². The lowest BCUT2D eigenvalue weighted by molar-refractivity contribution is -0.133. The van der Waals surface area contributed by atoms with Crippen LogP contribution in [-0.2, 0) is 16.1 Å². The smallest absolute Gasteiger partial charge is 0.291 e. The Kier molecular flexibility index (Phi) is 4.19. The summed E-state index contributed by atoms with van der Waals surface area (Å²) < 4.78 is 7.98. The molecule has 2 amide bonds. The van der Waals surface area contributed by atoms with Gasteiger partial charge in [-0.25, -0.2) is 4.68 Å². The molecule has 3 aromatic rings. The number of nitrogens with zero attached hydrogens (tertiary/aromatic N) is 4. The molecule has 0 saturated carbocycles. The Hall–Kier alpha value is -3.10. The number of hydrogen-bond donors (Lipinski definition) is 1. The van der Waals surface area contributed by atoms with E-state index in [0.29, 0.717) is 11.1 Å². The summed E-state index contributed by atoms with van der Waals surface area (Å²) >= 11 is 0. The van der Waals surface area contributed by atoms with Gasteiger partial charge in [0.15, 0.2) is 5.58 Å². The summed E-state index contributed by atoms with van der Waals surface area (Å²) in [6.45, 7) is 1.17. The number of carbonyl (C=O) groups excluding carboxylic acids is 2. The van der Waals surface area contributed by atoms with E-state index in [9.17, 15) is 14.4 Å². The van der Waals surface area contributed by atoms with Crippen molar-refractivity contribution >= 4 is 28.4 Å². The van der Waals surface area contributed by atoms with E-state index in [0.717, 1.165) is 42.6 Å². The fourth-order valence-corrected chi connectivity index (χ4v) is 3.27. The van der Waals surface area contributed by atoms with Gasteiger partial charge in [-0.2, -0.15) is 5.10 Å². The van der Waals surface area contributed by atoms with Gasteiger partial charge in [-0.15, -0.1) is 0 Å². The molecular formula is C17H19N5O4. The Labute approximate surface area is 148 Å². The molecule has 1 aliphatic heterocycles. The first-order valence-electron chi connectivity index (χ1n) is 8.62. The third kappa shape index (κ3) is 2.96. The summed E-state index contributed by atoms with van der Waals surface area (Å²) in [5, 5.41) is 6.60. The molecule has 1 aliphatic rings. The van der Waals surface area contributed by atoms with E-state index < -0.39 is 11.5 Å². The summed E-state index contributed by atoms with van der Waals surface area (Å²) in [5.74, 6) is -0.523. The maximum absolute atomic E-state index is 12.5. The number of carbonyl (C=O) groups is 2. The number of fused-ring (bicyclic) bond motifs is 3. The van der Waals surface area contributed by atoms with E-state index in [4.69, 9.17) is 4.42 Å². The summed E-state index contributed by atoms with van der Waals surface area (Å²) in [5.41, 5.74) is 1.31. The Morgan fingerprint density at radius 2 is 2.00 bits per heavy atom. The fraction of sp³-hybridized carbons (Fsp3) is 0.412. The molecule has 0 aliphatic carbocycles. The number of rotatable bonds is 4. The number of aromatic nitrogens is 3. The third-order valence-electron chi connectivity index (χ3n) is 4.66. The second-order valence-corrected chi connectivity index (χ2v) is 6.38. The van der Waals surface area contributed by atoms with E-state index in [-0.39, 0.29) is 19.0 Å². The fourth-order valence-electron chi connectivity index (χ4n) is 3.27. The van der Waals surface area contributed by atoms with E-state index >= 15 is 0 Å². The van der Waals surface area contributed by atoms with Crippen molar-refractivity contribution < 1.29 is 14.0 Å². The predicted octanol–water partition coefficient (Wildman–Crippen LogP) is 0.371. The van der Waals surface area contributed by atoms with Crippen LogP contribution in [0.25, 0.3) is 16.6 Å². The molecule has 26 heavy (non-hydrogen) atoms. The minimum atomic E-state index is -0.426. The summed E-state index contributed by atoms with van der Waals surface area (Å²) in [7, 11) is 0. The van der Waals surface area contributed by atoms with Crippen molar-refractivity contribution in [1.82, 2.24) is 24.4 Å². The van der Waals surface area contributed by atoms with Crippen molar-refractivity contribution in [1.29, 1.82) is 0 Å². The van der Waals surface area contributed by atoms with Crippen LogP contribution < -0.4 is 10.9 Å². The van der Waals surface area contributed by atoms with E-state index in [2.05, 4.69) is 10.4 Å². The van der Waals surface area contributed by atoms with Gasteiger partial charge in [0.1, 0.15) is 18.4 Å². The first-order chi connectivity index (χ1) is 12.6. The SMILES string of the molecule is O=C(Cn1ncn2c(cc3occc32)c1=O)NCC(=O)N1CCCCC1. The number of furan rings is 1. The molecule has 136 valence electrons. The predicted molar refractivity (Wildman–Crippen MR) is 92.7 cm³/mol. The van der Waals surface area contributed by atoms with Gasteiger partial charge in [0.2, 0.25) is 11.8 Å². The van der Waals surface area contributed by atoms with Crippen LogP contribution in [0.2, 0.25) is 0 Å². The topological polar surface area (TPSA) is 102 Å². The lowest BCUT2D eigenvalue weighted by atomic mass is 10.1. The Morgan fingerprint density at radius 1 is 1.19 bits per heavy atom. The van der Waals surface area contributed by atoms with Gasteiger partial charge in [0.05, 0.1) is 18.3 Å². The molecular weight excluding hydrogens is 338 g/mol. The monoisotopic (exact) mass is 357 g/mol. The normalized spacial score (nSPS) is 14.8. The Morgan fingerprint density at radius 3 is 2.81 bits per heavy atom. The molecule has 0 unspecified atom stereocenters. The quantitative estimate of drug-likeness (QED) is 0.727. The molecule has 0 radical (unpaired) electrons. The van der Waals surface area contributed by atoms with Crippen molar-refractivity contribution in [3.8, 4) is 0 Å². The van der Waals surface area contributed by atoms with Gasteiger partial charge >= 0.3 is 0 Å². The standard InChI is InChI=1S/C17H19N5O4/c23-15(18-9-16(24)20-5-2-1-3-6-20)10-22-17(25)13-8-14-12(4-7-26-14)21(13)11-19-22/h4,7-8,11H,1-3,5-6,9-10H2,(H,18,23). The van der Waals surface area contributed by atoms with Gasteiger partial charge < -0.3 is 14.6 Å². The van der Waals surface area contributed by atoms with E-state index in [1.54, 1.807) is 21.4 Å². The Balaban J connectivity index is 1.43. The molecule has 9 nitrogen and oxygen atoms in total. The van der Waals surface area contributed by atoms with Crippen LogP contribution in [-0.4, -0.2) is 50.5 Å². The van der Waals surface area contributed by atoms with Crippen LogP contribution in [0.5, 0.6) is 0 Å². The summed E-state index contributed by atoms with van der Waals surface area (Å²) in [4.78, 5) is 38.4. The molecule has 1 saturated heterocycles. The zero-order valence-electron chi connectivity index (χ0n) is 14.2. The number of likely N-dealkylation sites (tertiary alicyclic amines) is 1. The van der Waals surface area contributed by atoms with Gasteiger partial charge in [-0.05, 0) is 19.3 Å². The van der Waals surface area contributed by atoms with Crippen LogP contribution in [0.3, 0.4) is 0 Å². The third-order valence-corrected chi connectivity index (χ3v) is 4.66. The molecule has 0 bridgehead atoms. The minimum Gasteiger partial charge on any atom is -0.463 e. The molecule has 4 rings (SSSR count). The second kappa shape index (κ2) is 6.66. The van der Waals surface area contributed by atoms with Crippen LogP contribution in [0, 0.1) is 0 Å². The highest BCUT2D eigenvalue weighted by Gasteiger charge is 2.18. The number of nitrogens with one attached hydrogen (secondary N) is 1. The average molecular weight is 357 g/mol. The maximum Gasteiger partial charge on any atom is 0.291 e. The number of amides is 2. The van der Waals surface area contributed by atoms with Gasteiger partial charge in [-0.1, -0.05) is 0 Å². The molecule has 4 heterocycles. The van der Waals surface area contributed by atoms with Crippen LogP contribution in [0.1, 0.15) is 19.3 Å². The Bertz CT molecular complexity index is 1020. The van der Waals surface area contributed by atoms with Crippen LogP contribution in [0.15, 0.2) is 33.9 Å². The molecule has 0 atom stereocenters. The molecule has 3 aromatic heterocycles. The van der Waals surface area contributed by atoms with Gasteiger partial charge in [-0.3, -0.25) is 18.8 Å². The van der Waals surface area contributed by atoms with Crippen molar-refractivity contribution in [2.45, 2.75) is 25.8 Å². The summed E-state index contributed by atoms with van der Waals surface area (Å²) in [6.07, 6.45) is 6.14. The molecule has 0 aromatic carbocycles. The van der Waals surface area contributed by atoms with E-state index in [1.165, 1.54) is 12.6 Å². The van der Waals surface area contributed by atoms with Crippen LogP contribution in [0.4, 0.5) is 0 Å². The lowest BCUT2D eigenvalue weighted by Gasteiger charge is -2.26. The zero-order valence-corrected chi connectivity index (χ0v) is 14.2. The molecule has 1 N–H and O–H groups in total. The van der Waals surface area contributed by atoms with Crippen molar-refractivity contribution in [2.24, 2.45) is 0 Å². The van der Waals surface area contributed by atoms with Crippen molar-refractivity contribution in [3.63, 3.8) is 0 Å². The highest BCUT2D eigenvalue weighted by molar-refractivity contribution is 5.85. The van der Waals surface area contributed by atoms with Crippen LogP contribution >= 0.6 is 0 Å². The highest BCUT2D eigenvalue weighted by atomic mass is 16.3. The average Bonchev–Trinajstić information content (AvgIpc) is 3.25.